The molecule has 1 N–H and O–H groups in total. The van der Waals surface area contributed by atoms with Gasteiger partial charge in [-0.25, -0.2) is 0 Å². The number of furan rings is 2. The largest absolute Gasteiger partial charge is 0.455 e. The van der Waals surface area contributed by atoms with E-state index in [1.807, 2.05) is 36.4 Å². The van der Waals surface area contributed by atoms with Crippen molar-refractivity contribution < 1.29 is 8.83 Å². The summed E-state index contributed by atoms with van der Waals surface area (Å²) < 4.78 is 15.7. The molecule has 0 unspecified atom stereocenters. The van der Waals surface area contributed by atoms with Crippen molar-refractivity contribution in [3.05, 3.63) is 206 Å². The zero-order valence-corrected chi connectivity index (χ0v) is 33.7. The second-order valence-corrected chi connectivity index (χ2v) is 16.2. The molecule has 63 heavy (non-hydrogen) atoms. The first-order valence-electron chi connectivity index (χ1n) is 21.0. The van der Waals surface area contributed by atoms with Crippen molar-refractivity contribution >= 4 is 116 Å². The summed E-state index contributed by atoms with van der Waals surface area (Å²) >= 11 is 0. The number of nitrogens with zero attached hydrogens (tertiary/aromatic N) is 3. The van der Waals surface area contributed by atoms with E-state index in [1.165, 1.54) is 16.3 Å². The van der Waals surface area contributed by atoms with Gasteiger partial charge in [0.05, 0.1) is 22.0 Å². The van der Waals surface area contributed by atoms with Gasteiger partial charge in [-0.3, -0.25) is 0 Å². The number of para-hydroxylation sites is 4. The topological polar surface area (TPSA) is 70.3 Å². The predicted octanol–water partition coefficient (Wildman–Crippen LogP) is 16.0. The van der Waals surface area contributed by atoms with E-state index in [4.69, 9.17) is 8.83 Å². The summed E-state index contributed by atoms with van der Waals surface area (Å²) in [7, 11) is 0. The van der Waals surface area contributed by atoms with Crippen LogP contribution in [0.15, 0.2) is 209 Å². The highest BCUT2D eigenvalue weighted by atomic mass is 16.3. The van der Waals surface area contributed by atoms with E-state index in [1.54, 1.807) is 0 Å². The van der Waals surface area contributed by atoms with E-state index in [0.29, 0.717) is 22.3 Å². The Morgan fingerprint density at radius 2 is 1.06 bits per heavy atom. The predicted molar refractivity (Wildman–Crippen MR) is 259 cm³/mol. The van der Waals surface area contributed by atoms with Crippen LogP contribution in [0.25, 0.3) is 92.9 Å². The Bertz CT molecular complexity index is 4010. The van der Waals surface area contributed by atoms with Gasteiger partial charge in [0.25, 0.3) is 0 Å². The van der Waals surface area contributed by atoms with Crippen molar-refractivity contribution in [1.82, 2.24) is 4.57 Å². The number of benzene rings is 10. The average molecular weight is 807 g/mol. The van der Waals surface area contributed by atoms with Gasteiger partial charge in [0.15, 0.2) is 5.58 Å². The van der Waals surface area contributed by atoms with E-state index >= 15 is 0 Å². The fraction of sp³-hybridized carbons (Fsp3) is 0. The van der Waals surface area contributed by atoms with Crippen LogP contribution in [-0.4, -0.2) is 4.57 Å². The summed E-state index contributed by atoms with van der Waals surface area (Å²) in [5.74, 6) is 0. The van der Waals surface area contributed by atoms with Gasteiger partial charge in [0, 0.05) is 61.1 Å². The van der Waals surface area contributed by atoms with E-state index in [-0.39, 0.29) is 0 Å². The van der Waals surface area contributed by atoms with Crippen LogP contribution in [0.4, 0.5) is 28.4 Å². The molecule has 13 rings (SSSR count). The molecule has 0 saturated heterocycles. The van der Waals surface area contributed by atoms with Gasteiger partial charge in [-0.05, 0) is 137 Å². The van der Waals surface area contributed by atoms with Gasteiger partial charge in [0.2, 0.25) is 0 Å². The first kappa shape index (κ1) is 35.0. The number of hydrogen-bond acceptors (Lipinski definition) is 5. The van der Waals surface area contributed by atoms with Crippen molar-refractivity contribution in [2.45, 2.75) is 0 Å². The maximum atomic E-state index is 10.4. The Hall–Kier alpha value is -8.79. The molecule has 13 aromatic rings. The summed E-state index contributed by atoms with van der Waals surface area (Å²) in [4.78, 5) is 2.32. The van der Waals surface area contributed by atoms with Gasteiger partial charge in [-0.15, -0.1) is 0 Å². The highest BCUT2D eigenvalue weighted by Crippen LogP contribution is 2.45. The Labute approximate surface area is 360 Å². The highest BCUT2D eigenvalue weighted by Gasteiger charge is 2.22. The van der Waals surface area contributed by atoms with Gasteiger partial charge < -0.3 is 23.6 Å². The number of hydrogen-bond donors (Lipinski definition) is 1. The van der Waals surface area contributed by atoms with Gasteiger partial charge in [-0.2, -0.15) is 5.26 Å². The quantitative estimate of drug-likeness (QED) is 0.181. The summed E-state index contributed by atoms with van der Waals surface area (Å²) in [5, 5.41) is 24.1. The fourth-order valence-corrected chi connectivity index (χ4v) is 9.61. The van der Waals surface area contributed by atoms with Gasteiger partial charge in [0.1, 0.15) is 22.8 Å². The van der Waals surface area contributed by atoms with E-state index < -0.39 is 0 Å². The van der Waals surface area contributed by atoms with Gasteiger partial charge >= 0.3 is 0 Å². The lowest BCUT2D eigenvalue weighted by atomic mass is 10.0. The zero-order valence-electron chi connectivity index (χ0n) is 33.7. The third-order valence-corrected chi connectivity index (χ3v) is 12.5. The molecule has 0 radical (unpaired) electrons. The smallest absolute Gasteiger partial charge is 0.156 e. The van der Waals surface area contributed by atoms with Crippen LogP contribution in [0.2, 0.25) is 0 Å². The molecule has 3 aromatic heterocycles. The van der Waals surface area contributed by atoms with Gasteiger partial charge in [-0.1, -0.05) is 84.9 Å². The van der Waals surface area contributed by atoms with Crippen LogP contribution in [0, 0.1) is 11.3 Å². The SMILES string of the molecule is N#Cc1cc2c3cc4ccc(N(c5ccccc5)c5ccc6c(c5)c5ccccc5n6-c5ccccc5)cc4cc3oc2c2c1oc1cc3cc(Nc4ccccc4)ccc3cc12. The molecular weight excluding hydrogens is 773 g/mol. The lowest BCUT2D eigenvalue weighted by Crippen LogP contribution is -2.09. The molecule has 6 nitrogen and oxygen atoms in total. The van der Waals surface area contributed by atoms with Crippen LogP contribution in [0.1, 0.15) is 5.56 Å². The molecule has 0 bridgehead atoms. The third kappa shape index (κ3) is 5.51. The minimum atomic E-state index is 0.477. The van der Waals surface area contributed by atoms with Crippen LogP contribution in [0.3, 0.4) is 0 Å². The number of nitrogens with one attached hydrogen (secondary N) is 1. The molecule has 0 saturated carbocycles. The summed E-state index contributed by atoms with van der Waals surface area (Å²) in [6, 6.07) is 72.4. The van der Waals surface area contributed by atoms with E-state index in [9.17, 15) is 5.26 Å². The molecule has 6 heteroatoms. The fourth-order valence-electron chi connectivity index (χ4n) is 9.61. The minimum absolute atomic E-state index is 0.477. The molecule has 0 atom stereocenters. The molecule has 294 valence electrons. The van der Waals surface area contributed by atoms with Crippen LogP contribution in [0.5, 0.6) is 0 Å². The molecule has 0 amide bonds. The Kier molecular flexibility index (Phi) is 7.57. The molecule has 0 aliphatic heterocycles. The highest BCUT2D eigenvalue weighted by molar-refractivity contribution is 6.25. The number of anilines is 5. The lowest BCUT2D eigenvalue weighted by Gasteiger charge is -2.26. The Balaban J connectivity index is 0.959. The van der Waals surface area contributed by atoms with Crippen molar-refractivity contribution in [3.63, 3.8) is 0 Å². The normalized spacial score (nSPS) is 11.8. The average Bonchev–Trinajstić information content (AvgIpc) is 3.99. The van der Waals surface area contributed by atoms with E-state index in [0.717, 1.165) is 88.3 Å². The monoisotopic (exact) mass is 806 g/mol. The van der Waals surface area contributed by atoms with Crippen LogP contribution < -0.4 is 10.2 Å². The molecule has 10 aromatic carbocycles. The number of rotatable bonds is 6. The van der Waals surface area contributed by atoms with Crippen molar-refractivity contribution in [2.75, 3.05) is 10.2 Å². The maximum absolute atomic E-state index is 10.4. The molecule has 0 fully saturated rings. The van der Waals surface area contributed by atoms with Crippen molar-refractivity contribution in [3.8, 4) is 11.8 Å². The zero-order chi connectivity index (χ0) is 41.6. The number of aromatic nitrogens is 1. The minimum Gasteiger partial charge on any atom is -0.455 e. The third-order valence-electron chi connectivity index (χ3n) is 12.5. The molecular formula is C57H34N4O2. The van der Waals surface area contributed by atoms with Crippen LogP contribution in [-0.2, 0) is 0 Å². The molecule has 0 aliphatic rings. The Morgan fingerprint density at radius 1 is 0.429 bits per heavy atom. The second kappa shape index (κ2) is 13.6. The molecule has 0 spiro atoms. The van der Waals surface area contributed by atoms with Crippen molar-refractivity contribution in [2.24, 2.45) is 0 Å². The van der Waals surface area contributed by atoms with E-state index in [2.05, 4.69) is 185 Å². The number of fused-ring (bicyclic) bond motifs is 12. The molecule has 0 aliphatic carbocycles. The second-order valence-electron chi connectivity index (χ2n) is 16.2. The summed E-state index contributed by atoms with van der Waals surface area (Å²) in [5.41, 5.74) is 11.8. The maximum Gasteiger partial charge on any atom is 0.156 e. The lowest BCUT2D eigenvalue weighted by molar-refractivity contribution is 0.662. The molecule has 3 heterocycles. The first-order valence-corrected chi connectivity index (χ1v) is 21.0. The van der Waals surface area contributed by atoms with Crippen molar-refractivity contribution in [1.29, 1.82) is 5.26 Å². The Morgan fingerprint density at radius 3 is 1.87 bits per heavy atom. The summed E-state index contributed by atoms with van der Waals surface area (Å²) in [6.45, 7) is 0. The van der Waals surface area contributed by atoms with Crippen LogP contribution >= 0.6 is 0 Å². The standard InChI is InChI=1S/C57H34N4O2/c58-34-39-30-49-48-28-36-21-23-44(60(42-14-6-2-7-15-42)45-24-25-52-47(33-45)46-18-10-11-19-51(46)61(52)43-16-8-3-9-17-43)27-38(36)32-53(48)63-57(49)55-50-29-35-20-22-41(59-40-12-4-1-5-13-40)26-37(35)31-54(50)62-56(39)55/h1-33,59H. The first-order chi connectivity index (χ1) is 31.1. The number of nitriles is 1. The summed E-state index contributed by atoms with van der Waals surface area (Å²) in [6.07, 6.45) is 0.